The number of aromatic nitrogens is 1. The van der Waals surface area contributed by atoms with E-state index in [0.717, 1.165) is 0 Å². The molecule has 0 radical (unpaired) electrons. The summed E-state index contributed by atoms with van der Waals surface area (Å²) < 4.78 is 6.23. The van der Waals surface area contributed by atoms with Gasteiger partial charge in [0.05, 0.1) is 0 Å². The van der Waals surface area contributed by atoms with Gasteiger partial charge in [-0.1, -0.05) is 0 Å². The topological polar surface area (TPSA) is 27.8 Å². The van der Waals surface area contributed by atoms with Crippen molar-refractivity contribution in [1.82, 2.24) is 8.78 Å². The molecule has 1 aliphatic rings. The van der Waals surface area contributed by atoms with Crippen molar-refractivity contribution in [3.8, 4) is 0 Å². The number of hydrogen-bond acceptors (Lipinski definition) is 1. The summed E-state index contributed by atoms with van der Waals surface area (Å²) in [6.07, 6.45) is 4.60. The Morgan fingerprint density at radius 1 is 1.04 bits per heavy atom. The molecule has 1 heterocycles. The number of halogens is 3. The second kappa shape index (κ2) is 10.9. The Balaban J connectivity index is 0.00000243. The molecule has 7 heteroatoms. The van der Waals surface area contributed by atoms with Gasteiger partial charge < -0.3 is 37.2 Å². The molecule has 28 heavy (non-hydrogen) atoms. The van der Waals surface area contributed by atoms with Crippen molar-refractivity contribution >= 4 is 14.4 Å². The summed E-state index contributed by atoms with van der Waals surface area (Å²) >= 11 is -2.32. The minimum Gasteiger partial charge on any atom is -1.00 e. The summed E-state index contributed by atoms with van der Waals surface area (Å²) in [5, 5.41) is 2.62. The zero-order valence-corrected chi connectivity index (χ0v) is 22.6. The second-order valence-electron chi connectivity index (χ2n) is 9.12. The third-order valence-electron chi connectivity index (χ3n) is 4.99. The fourth-order valence-electron chi connectivity index (χ4n) is 4.58. The first-order chi connectivity index (χ1) is 11.7. The van der Waals surface area contributed by atoms with Gasteiger partial charge >= 0.3 is 159 Å². The molecule has 0 aliphatic heterocycles. The SMILES string of the molecule is C[SiH](C)[CH2][Ti]([CH3])([NH]C(C)(C)C)[CH]1C=C(c2ccc[nH]2)c2ccccc21.[Cl-].[Cl-].[Cl-]. The van der Waals surface area contributed by atoms with Crippen LogP contribution in [0.2, 0.25) is 22.7 Å². The van der Waals surface area contributed by atoms with Crippen molar-refractivity contribution in [3.05, 3.63) is 65.5 Å². The number of benzene rings is 1. The molecule has 2 atom stereocenters. The van der Waals surface area contributed by atoms with E-state index in [1.54, 1.807) is 5.56 Å². The Hall–Kier alpha value is 0.00117. The molecule has 1 aromatic heterocycles. The molecule has 2 unspecified atom stereocenters. The van der Waals surface area contributed by atoms with Crippen LogP contribution >= 0.6 is 0 Å². The molecule has 0 amide bonds. The van der Waals surface area contributed by atoms with Crippen molar-refractivity contribution in [1.29, 1.82) is 0 Å². The molecule has 0 fully saturated rings. The first-order valence-electron chi connectivity index (χ1n) is 9.44. The third-order valence-corrected chi connectivity index (χ3v) is 19.4. The van der Waals surface area contributed by atoms with Gasteiger partial charge in [0.1, 0.15) is 0 Å². The van der Waals surface area contributed by atoms with E-state index < -0.39 is 25.6 Å². The van der Waals surface area contributed by atoms with Crippen LogP contribution in [-0.2, 0) is 16.8 Å². The summed E-state index contributed by atoms with van der Waals surface area (Å²) in [5.74, 6) is 0. The largest absolute Gasteiger partial charge is 1.00 e. The van der Waals surface area contributed by atoms with E-state index in [1.165, 1.54) is 21.2 Å². The Morgan fingerprint density at radius 3 is 2.21 bits per heavy atom. The number of aromatic amines is 1. The van der Waals surface area contributed by atoms with Gasteiger partial charge in [0.15, 0.2) is 0 Å². The Bertz CT molecular complexity index is 772. The minimum absolute atomic E-state index is 0. The van der Waals surface area contributed by atoms with Crippen LogP contribution in [0.25, 0.3) is 5.57 Å². The van der Waals surface area contributed by atoms with Crippen molar-refractivity contribution in [2.75, 3.05) is 0 Å². The fraction of sp³-hybridized carbons (Fsp3) is 0.429. The van der Waals surface area contributed by atoms with E-state index in [0.29, 0.717) is 4.22 Å². The van der Waals surface area contributed by atoms with E-state index in [4.69, 9.17) is 0 Å². The third kappa shape index (κ3) is 6.25. The van der Waals surface area contributed by atoms with Crippen LogP contribution in [0.1, 0.15) is 41.8 Å². The maximum absolute atomic E-state index is 4.18. The summed E-state index contributed by atoms with van der Waals surface area (Å²) in [5.41, 5.74) is 5.78. The molecule has 0 bridgehead atoms. The Labute approximate surface area is 194 Å². The predicted molar refractivity (Wildman–Crippen MR) is 109 cm³/mol. The average Bonchev–Trinajstić information content (AvgIpc) is 3.11. The van der Waals surface area contributed by atoms with Crippen molar-refractivity contribution in [2.24, 2.45) is 0 Å². The van der Waals surface area contributed by atoms with E-state index in [-0.39, 0.29) is 42.8 Å². The van der Waals surface area contributed by atoms with Crippen LogP contribution in [0.4, 0.5) is 0 Å². The number of fused-ring (bicyclic) bond motifs is 1. The van der Waals surface area contributed by atoms with Crippen LogP contribution in [-0.4, -0.2) is 19.3 Å². The van der Waals surface area contributed by atoms with Gasteiger partial charge in [-0.15, -0.1) is 0 Å². The molecule has 158 valence electrons. The van der Waals surface area contributed by atoms with Gasteiger partial charge in [0.25, 0.3) is 0 Å². The van der Waals surface area contributed by atoms with E-state index in [2.05, 4.69) is 90.4 Å². The van der Waals surface area contributed by atoms with Gasteiger partial charge in [0.2, 0.25) is 0 Å². The fourth-order valence-corrected chi connectivity index (χ4v) is 21.5. The molecule has 1 aliphatic carbocycles. The molecule has 1 aromatic carbocycles. The van der Waals surface area contributed by atoms with Crippen LogP contribution in [0, 0.1) is 0 Å². The van der Waals surface area contributed by atoms with Crippen molar-refractivity contribution in [3.63, 3.8) is 0 Å². The van der Waals surface area contributed by atoms with Gasteiger partial charge in [-0.25, -0.2) is 0 Å². The number of hydrogen-bond donors (Lipinski definition) is 2. The molecular formula is C21H32Cl3N2SiTi-3. The normalized spacial score (nSPS) is 17.5. The maximum atomic E-state index is 4.18. The molecule has 2 aromatic rings. The van der Waals surface area contributed by atoms with Gasteiger partial charge in [-0.3, -0.25) is 0 Å². The monoisotopic (exact) mass is 493 g/mol. The maximum Gasteiger partial charge on any atom is -1.00 e. The number of H-pyrrole nitrogens is 1. The molecule has 0 saturated heterocycles. The standard InChI is InChI=1S/C13H10N.C4H10N.C3H9Si.CH3.3ClH.Ti/c1-2-5-11-10(4-1)7-8-12(11)13-6-3-9-14-13;1-4(2,3)5;1-4(2)3;;;;;/h1-9,14H;5H,1-3H3;4H,1H2,2-3H3;1H3;3*1H;/q;-1;;;;;;+1/p-3. The molecule has 0 spiro atoms. The minimum atomic E-state index is -2.32. The summed E-state index contributed by atoms with van der Waals surface area (Å²) in [7, 11) is -0.654. The average molecular weight is 495 g/mol. The van der Waals surface area contributed by atoms with Crippen LogP contribution in [0.15, 0.2) is 48.7 Å². The smallest absolute Gasteiger partial charge is 1.00 e. The first-order valence-corrected chi connectivity index (χ1v) is 16.9. The van der Waals surface area contributed by atoms with E-state index >= 15 is 0 Å². The second-order valence-corrected chi connectivity index (χ2v) is 20.0. The zero-order chi connectivity index (χ0) is 18.2. The Morgan fingerprint density at radius 2 is 1.68 bits per heavy atom. The summed E-state index contributed by atoms with van der Waals surface area (Å²) in [4.78, 5) is 3.42. The summed E-state index contributed by atoms with van der Waals surface area (Å²) in [6, 6.07) is 13.3. The summed E-state index contributed by atoms with van der Waals surface area (Å²) in [6.45, 7) is 12.0. The van der Waals surface area contributed by atoms with Crippen LogP contribution in [0.5, 0.6) is 0 Å². The number of nitrogens with one attached hydrogen (secondary N) is 2. The van der Waals surface area contributed by atoms with Crippen molar-refractivity contribution < 1.29 is 54.1 Å². The van der Waals surface area contributed by atoms with E-state index in [9.17, 15) is 0 Å². The van der Waals surface area contributed by atoms with Gasteiger partial charge in [0, 0.05) is 0 Å². The Kier molecular flexibility index (Phi) is 10.9. The zero-order valence-electron chi connectivity index (χ0n) is 17.6. The first kappa shape index (κ1) is 28.0. The van der Waals surface area contributed by atoms with Gasteiger partial charge in [-0.05, 0) is 0 Å². The quantitative estimate of drug-likeness (QED) is 0.414. The molecule has 3 rings (SSSR count). The molecule has 2 nitrogen and oxygen atoms in total. The molecule has 2 N–H and O–H groups in total. The van der Waals surface area contributed by atoms with Gasteiger partial charge in [-0.2, -0.15) is 0 Å². The molecular weight excluding hydrogens is 463 g/mol. The van der Waals surface area contributed by atoms with Crippen LogP contribution < -0.4 is 41.0 Å². The van der Waals surface area contributed by atoms with Crippen molar-refractivity contribution in [2.45, 2.75) is 53.2 Å². The molecule has 0 saturated carbocycles. The predicted octanol–water partition coefficient (Wildman–Crippen LogP) is -3.54. The van der Waals surface area contributed by atoms with Crippen LogP contribution in [0.3, 0.4) is 0 Å². The number of allylic oxidation sites excluding steroid dienone is 1. The van der Waals surface area contributed by atoms with E-state index in [1.807, 2.05) is 6.20 Å². The number of rotatable bonds is 5.